The van der Waals surface area contributed by atoms with E-state index in [4.69, 9.17) is 11.6 Å². The van der Waals surface area contributed by atoms with Gasteiger partial charge in [-0.05, 0) is 43.0 Å². The van der Waals surface area contributed by atoms with Crippen LogP contribution in [0.25, 0.3) is 0 Å². The minimum atomic E-state index is 0.836. The highest BCUT2D eigenvalue weighted by Crippen LogP contribution is 2.28. The van der Waals surface area contributed by atoms with Crippen LogP contribution < -0.4 is 5.32 Å². The Kier molecular flexibility index (Phi) is 3.47. The van der Waals surface area contributed by atoms with Crippen molar-refractivity contribution >= 4 is 27.5 Å². The summed E-state index contributed by atoms with van der Waals surface area (Å²) in [6.07, 6.45) is 2.78. The van der Waals surface area contributed by atoms with Gasteiger partial charge in [-0.15, -0.1) is 0 Å². The first-order valence-corrected chi connectivity index (χ1v) is 6.07. The second-order valence-corrected chi connectivity index (χ2v) is 5.13. The standard InChI is InChI=1S/C11H13BrClN/c12-10-4-3-9(11(13)5-10)7-14-6-8-1-2-8/h3-5,8,14H,1-2,6-7H2. The summed E-state index contributed by atoms with van der Waals surface area (Å²) in [6.45, 7) is 2.01. The van der Waals surface area contributed by atoms with Gasteiger partial charge in [0.2, 0.25) is 0 Å². The molecule has 1 fully saturated rings. The van der Waals surface area contributed by atoms with Gasteiger partial charge in [0.25, 0.3) is 0 Å². The van der Waals surface area contributed by atoms with Crippen LogP contribution in [0.15, 0.2) is 22.7 Å². The lowest BCUT2D eigenvalue weighted by Crippen LogP contribution is -2.16. The van der Waals surface area contributed by atoms with Crippen LogP contribution in [-0.4, -0.2) is 6.54 Å². The molecule has 1 aromatic carbocycles. The van der Waals surface area contributed by atoms with Gasteiger partial charge in [-0.1, -0.05) is 33.6 Å². The number of hydrogen-bond acceptors (Lipinski definition) is 1. The number of rotatable bonds is 4. The summed E-state index contributed by atoms with van der Waals surface area (Å²) in [5.41, 5.74) is 1.18. The Hall–Kier alpha value is -0.0500. The second kappa shape index (κ2) is 4.65. The third-order valence-corrected chi connectivity index (χ3v) is 3.31. The van der Waals surface area contributed by atoms with Crippen molar-refractivity contribution in [2.75, 3.05) is 6.54 Å². The fourth-order valence-corrected chi connectivity index (χ4v) is 2.14. The van der Waals surface area contributed by atoms with E-state index in [1.54, 1.807) is 0 Å². The molecule has 1 N–H and O–H groups in total. The molecular weight excluding hydrogens is 261 g/mol. The molecule has 1 aliphatic rings. The summed E-state index contributed by atoms with van der Waals surface area (Å²) >= 11 is 9.48. The molecule has 3 heteroatoms. The predicted octanol–water partition coefficient (Wildman–Crippen LogP) is 3.60. The van der Waals surface area contributed by atoms with Crippen molar-refractivity contribution < 1.29 is 0 Å². The van der Waals surface area contributed by atoms with Crippen LogP contribution in [0.1, 0.15) is 18.4 Å². The van der Waals surface area contributed by atoms with Gasteiger partial charge in [0.15, 0.2) is 0 Å². The van der Waals surface area contributed by atoms with Gasteiger partial charge in [-0.25, -0.2) is 0 Å². The fourth-order valence-electron chi connectivity index (χ4n) is 1.40. The number of benzene rings is 1. The van der Waals surface area contributed by atoms with E-state index < -0.39 is 0 Å². The van der Waals surface area contributed by atoms with Crippen LogP contribution in [0.5, 0.6) is 0 Å². The molecule has 0 aliphatic heterocycles. The van der Waals surface area contributed by atoms with Crippen LogP contribution in [-0.2, 0) is 6.54 Å². The average molecular weight is 275 g/mol. The summed E-state index contributed by atoms with van der Waals surface area (Å²) in [7, 11) is 0. The molecule has 1 aliphatic carbocycles. The van der Waals surface area contributed by atoms with Gasteiger partial charge in [0.05, 0.1) is 0 Å². The maximum atomic E-state index is 6.09. The lowest BCUT2D eigenvalue weighted by molar-refractivity contribution is 0.639. The largest absolute Gasteiger partial charge is 0.312 e. The van der Waals surface area contributed by atoms with Crippen LogP contribution in [0.3, 0.4) is 0 Å². The SMILES string of the molecule is Clc1cc(Br)ccc1CNCC1CC1. The zero-order chi connectivity index (χ0) is 9.97. The minimum absolute atomic E-state index is 0.836. The molecule has 0 saturated heterocycles. The third-order valence-electron chi connectivity index (χ3n) is 2.46. The average Bonchev–Trinajstić information content (AvgIpc) is 2.92. The van der Waals surface area contributed by atoms with Crippen LogP contribution in [0.4, 0.5) is 0 Å². The van der Waals surface area contributed by atoms with E-state index in [0.717, 1.165) is 28.5 Å². The molecule has 0 atom stereocenters. The van der Waals surface area contributed by atoms with Crippen molar-refractivity contribution in [1.29, 1.82) is 0 Å². The number of nitrogens with one attached hydrogen (secondary N) is 1. The van der Waals surface area contributed by atoms with Crippen molar-refractivity contribution in [2.45, 2.75) is 19.4 Å². The first-order valence-electron chi connectivity index (χ1n) is 4.90. The van der Waals surface area contributed by atoms with Crippen LogP contribution in [0.2, 0.25) is 5.02 Å². The Balaban J connectivity index is 1.87. The van der Waals surface area contributed by atoms with Crippen LogP contribution >= 0.6 is 27.5 Å². The number of hydrogen-bond donors (Lipinski definition) is 1. The van der Waals surface area contributed by atoms with E-state index in [1.807, 2.05) is 12.1 Å². The van der Waals surface area contributed by atoms with E-state index in [9.17, 15) is 0 Å². The quantitative estimate of drug-likeness (QED) is 0.884. The van der Waals surface area contributed by atoms with Gasteiger partial charge in [-0.3, -0.25) is 0 Å². The van der Waals surface area contributed by atoms with E-state index in [0.29, 0.717) is 0 Å². The van der Waals surface area contributed by atoms with Crippen molar-refractivity contribution in [3.63, 3.8) is 0 Å². The summed E-state index contributed by atoms with van der Waals surface area (Å²) in [6, 6.07) is 6.03. The summed E-state index contributed by atoms with van der Waals surface area (Å²) in [5, 5.41) is 4.26. The minimum Gasteiger partial charge on any atom is -0.312 e. The van der Waals surface area contributed by atoms with Gasteiger partial charge in [-0.2, -0.15) is 0 Å². The molecular formula is C11H13BrClN. The molecule has 0 heterocycles. The summed E-state index contributed by atoms with van der Waals surface area (Å²) in [4.78, 5) is 0. The third kappa shape index (κ3) is 2.97. The number of halogens is 2. The first-order chi connectivity index (χ1) is 6.75. The fraction of sp³-hybridized carbons (Fsp3) is 0.455. The summed E-state index contributed by atoms with van der Waals surface area (Å²) < 4.78 is 1.04. The van der Waals surface area contributed by atoms with Crippen molar-refractivity contribution in [2.24, 2.45) is 5.92 Å². The maximum Gasteiger partial charge on any atom is 0.0462 e. The molecule has 0 amide bonds. The van der Waals surface area contributed by atoms with Gasteiger partial charge in [0.1, 0.15) is 0 Å². The zero-order valence-electron chi connectivity index (χ0n) is 7.89. The van der Waals surface area contributed by atoms with E-state index >= 15 is 0 Å². The Morgan fingerprint density at radius 3 is 2.86 bits per heavy atom. The van der Waals surface area contributed by atoms with Crippen molar-refractivity contribution in [3.8, 4) is 0 Å². The monoisotopic (exact) mass is 273 g/mol. The van der Waals surface area contributed by atoms with Crippen LogP contribution in [0, 0.1) is 5.92 Å². The molecule has 76 valence electrons. The Morgan fingerprint density at radius 1 is 1.43 bits per heavy atom. The summed E-state index contributed by atoms with van der Waals surface area (Å²) in [5.74, 6) is 0.921. The Morgan fingerprint density at radius 2 is 2.21 bits per heavy atom. The maximum absolute atomic E-state index is 6.09. The highest BCUT2D eigenvalue weighted by atomic mass is 79.9. The van der Waals surface area contributed by atoms with Gasteiger partial charge < -0.3 is 5.32 Å². The Labute approximate surface area is 98.0 Å². The molecule has 0 radical (unpaired) electrons. The first kappa shape index (κ1) is 10.5. The zero-order valence-corrected chi connectivity index (χ0v) is 10.2. The van der Waals surface area contributed by atoms with Crippen molar-refractivity contribution in [1.82, 2.24) is 5.32 Å². The lowest BCUT2D eigenvalue weighted by Gasteiger charge is -2.06. The molecule has 2 rings (SSSR count). The molecule has 0 aromatic heterocycles. The molecule has 1 nitrogen and oxygen atoms in total. The second-order valence-electron chi connectivity index (χ2n) is 3.81. The molecule has 1 aromatic rings. The normalized spacial score (nSPS) is 15.9. The smallest absolute Gasteiger partial charge is 0.0462 e. The van der Waals surface area contributed by atoms with Gasteiger partial charge >= 0.3 is 0 Å². The van der Waals surface area contributed by atoms with E-state index in [1.165, 1.54) is 18.4 Å². The van der Waals surface area contributed by atoms with Gasteiger partial charge in [0, 0.05) is 16.0 Å². The topological polar surface area (TPSA) is 12.0 Å². The van der Waals surface area contributed by atoms with E-state index in [2.05, 4.69) is 27.3 Å². The molecule has 14 heavy (non-hydrogen) atoms. The van der Waals surface area contributed by atoms with E-state index in [-0.39, 0.29) is 0 Å². The Bertz CT molecular complexity index is 323. The molecule has 0 spiro atoms. The lowest BCUT2D eigenvalue weighted by atomic mass is 10.2. The molecule has 0 unspecified atom stereocenters. The predicted molar refractivity (Wildman–Crippen MR) is 63.6 cm³/mol. The molecule has 0 bridgehead atoms. The highest BCUT2D eigenvalue weighted by molar-refractivity contribution is 9.10. The highest BCUT2D eigenvalue weighted by Gasteiger charge is 2.20. The molecule has 1 saturated carbocycles. The van der Waals surface area contributed by atoms with Crippen molar-refractivity contribution in [3.05, 3.63) is 33.3 Å².